The van der Waals surface area contributed by atoms with Crippen LogP contribution >= 0.6 is 23.4 Å². The van der Waals surface area contributed by atoms with Gasteiger partial charge >= 0.3 is 0 Å². The molecule has 0 aliphatic carbocycles. The zero-order chi connectivity index (χ0) is 12.1. The molecule has 0 heterocycles. The van der Waals surface area contributed by atoms with E-state index in [9.17, 15) is 10.1 Å². The first-order valence-electron chi connectivity index (χ1n) is 4.74. The van der Waals surface area contributed by atoms with Crippen LogP contribution in [0.2, 0.25) is 5.02 Å². The van der Waals surface area contributed by atoms with E-state index in [0.717, 1.165) is 16.2 Å². The van der Waals surface area contributed by atoms with Crippen molar-refractivity contribution in [2.75, 3.05) is 12.4 Å². The van der Waals surface area contributed by atoms with Gasteiger partial charge < -0.3 is 5.11 Å². The van der Waals surface area contributed by atoms with Gasteiger partial charge in [0.05, 0.1) is 4.92 Å². The molecule has 1 aromatic carbocycles. The standard InChI is InChI=1S/C10H12ClNO3S/c1-7-5-9(12(14)15)8(11)6-10(7)16-4-2-3-13/h5-6,13H,2-4H2,1H3. The second-order valence-corrected chi connectivity index (χ2v) is 4.80. The normalized spacial score (nSPS) is 10.4. The molecule has 88 valence electrons. The number of hydrogen-bond acceptors (Lipinski definition) is 4. The van der Waals surface area contributed by atoms with Gasteiger partial charge in [-0.25, -0.2) is 0 Å². The summed E-state index contributed by atoms with van der Waals surface area (Å²) >= 11 is 7.34. The Hall–Kier alpha value is -0.780. The molecule has 0 saturated carbocycles. The highest BCUT2D eigenvalue weighted by Gasteiger charge is 2.14. The number of thioether (sulfide) groups is 1. The summed E-state index contributed by atoms with van der Waals surface area (Å²) < 4.78 is 0. The SMILES string of the molecule is Cc1cc([N+](=O)[O-])c(Cl)cc1SCCCO. The summed E-state index contributed by atoms with van der Waals surface area (Å²) in [6.07, 6.45) is 0.693. The summed E-state index contributed by atoms with van der Waals surface area (Å²) in [5, 5.41) is 19.4. The van der Waals surface area contributed by atoms with Crippen molar-refractivity contribution in [3.8, 4) is 0 Å². The van der Waals surface area contributed by atoms with Gasteiger partial charge in [-0.05, 0) is 25.0 Å². The smallest absolute Gasteiger partial charge is 0.288 e. The Balaban J connectivity index is 2.88. The molecule has 0 amide bonds. The van der Waals surface area contributed by atoms with Crippen molar-refractivity contribution < 1.29 is 10.0 Å². The topological polar surface area (TPSA) is 63.4 Å². The van der Waals surface area contributed by atoms with Crippen LogP contribution in [0.15, 0.2) is 17.0 Å². The molecule has 0 saturated heterocycles. The number of aryl methyl sites for hydroxylation is 1. The number of nitrogens with zero attached hydrogens (tertiary/aromatic N) is 1. The van der Waals surface area contributed by atoms with Crippen molar-refractivity contribution in [1.82, 2.24) is 0 Å². The molecule has 0 aliphatic heterocycles. The van der Waals surface area contributed by atoms with E-state index in [4.69, 9.17) is 16.7 Å². The maximum atomic E-state index is 10.6. The van der Waals surface area contributed by atoms with Gasteiger partial charge in [0.25, 0.3) is 5.69 Å². The Morgan fingerprint density at radius 2 is 2.25 bits per heavy atom. The minimum atomic E-state index is -0.489. The maximum absolute atomic E-state index is 10.6. The Kier molecular flexibility index (Phi) is 5.05. The molecule has 0 unspecified atom stereocenters. The van der Waals surface area contributed by atoms with Crippen molar-refractivity contribution in [2.45, 2.75) is 18.2 Å². The molecule has 4 nitrogen and oxygen atoms in total. The Bertz CT molecular complexity index is 398. The van der Waals surface area contributed by atoms with Crippen LogP contribution < -0.4 is 0 Å². The summed E-state index contributed by atoms with van der Waals surface area (Å²) in [5.41, 5.74) is 0.768. The van der Waals surface area contributed by atoms with Crippen molar-refractivity contribution in [2.24, 2.45) is 0 Å². The number of benzene rings is 1. The number of nitro benzene ring substituents is 1. The van der Waals surface area contributed by atoms with Gasteiger partial charge in [-0.2, -0.15) is 0 Å². The Labute approximate surface area is 103 Å². The van der Waals surface area contributed by atoms with E-state index in [1.807, 2.05) is 6.92 Å². The van der Waals surface area contributed by atoms with E-state index in [-0.39, 0.29) is 17.3 Å². The highest BCUT2D eigenvalue weighted by Crippen LogP contribution is 2.32. The van der Waals surface area contributed by atoms with Crippen LogP contribution in [0.1, 0.15) is 12.0 Å². The predicted molar refractivity (Wildman–Crippen MR) is 65.3 cm³/mol. The highest BCUT2D eigenvalue weighted by atomic mass is 35.5. The molecule has 0 bridgehead atoms. The molecule has 0 radical (unpaired) electrons. The highest BCUT2D eigenvalue weighted by molar-refractivity contribution is 7.99. The molecular formula is C10H12ClNO3S. The van der Waals surface area contributed by atoms with Crippen LogP contribution in [0, 0.1) is 17.0 Å². The summed E-state index contributed by atoms with van der Waals surface area (Å²) in [7, 11) is 0. The van der Waals surface area contributed by atoms with E-state index < -0.39 is 4.92 Å². The number of nitro groups is 1. The fourth-order valence-corrected chi connectivity index (χ4v) is 2.47. The summed E-state index contributed by atoms with van der Waals surface area (Å²) in [5.74, 6) is 0.769. The average Bonchev–Trinajstić information content (AvgIpc) is 2.22. The van der Waals surface area contributed by atoms with E-state index in [1.165, 1.54) is 17.8 Å². The fourth-order valence-electron chi connectivity index (χ4n) is 1.19. The minimum absolute atomic E-state index is 0.0642. The van der Waals surface area contributed by atoms with E-state index in [0.29, 0.717) is 6.42 Å². The molecular weight excluding hydrogens is 250 g/mol. The largest absolute Gasteiger partial charge is 0.396 e. The van der Waals surface area contributed by atoms with E-state index >= 15 is 0 Å². The molecule has 6 heteroatoms. The van der Waals surface area contributed by atoms with Crippen LogP contribution in [0.4, 0.5) is 5.69 Å². The lowest BCUT2D eigenvalue weighted by Gasteiger charge is -2.06. The van der Waals surface area contributed by atoms with Crippen LogP contribution in [-0.4, -0.2) is 22.4 Å². The van der Waals surface area contributed by atoms with Crippen molar-refractivity contribution in [3.05, 3.63) is 32.8 Å². The average molecular weight is 262 g/mol. The zero-order valence-electron chi connectivity index (χ0n) is 8.77. The van der Waals surface area contributed by atoms with E-state index in [2.05, 4.69) is 0 Å². The minimum Gasteiger partial charge on any atom is -0.396 e. The number of aliphatic hydroxyl groups is 1. The third kappa shape index (κ3) is 3.37. The quantitative estimate of drug-likeness (QED) is 0.383. The van der Waals surface area contributed by atoms with Crippen molar-refractivity contribution in [1.29, 1.82) is 0 Å². The number of hydrogen-bond donors (Lipinski definition) is 1. The first-order chi connectivity index (χ1) is 7.56. The fraction of sp³-hybridized carbons (Fsp3) is 0.400. The van der Waals surface area contributed by atoms with Gasteiger partial charge in [0.2, 0.25) is 0 Å². The Morgan fingerprint density at radius 1 is 1.56 bits per heavy atom. The van der Waals surface area contributed by atoms with Gasteiger partial charge in [-0.1, -0.05) is 11.6 Å². The lowest BCUT2D eigenvalue weighted by Crippen LogP contribution is -1.92. The lowest BCUT2D eigenvalue weighted by atomic mass is 10.2. The molecule has 0 atom stereocenters. The number of rotatable bonds is 5. The van der Waals surface area contributed by atoms with Gasteiger partial charge in [-0.15, -0.1) is 11.8 Å². The summed E-state index contributed by atoms with van der Waals surface area (Å²) in [6.45, 7) is 1.96. The van der Waals surface area contributed by atoms with Gasteiger partial charge in [-0.3, -0.25) is 10.1 Å². The summed E-state index contributed by atoms with van der Waals surface area (Å²) in [4.78, 5) is 11.1. The van der Waals surface area contributed by atoms with Gasteiger partial charge in [0.1, 0.15) is 5.02 Å². The van der Waals surface area contributed by atoms with Gasteiger partial charge in [0.15, 0.2) is 0 Å². The van der Waals surface area contributed by atoms with Crippen LogP contribution in [-0.2, 0) is 0 Å². The van der Waals surface area contributed by atoms with Crippen molar-refractivity contribution in [3.63, 3.8) is 0 Å². The first-order valence-corrected chi connectivity index (χ1v) is 6.11. The molecule has 1 N–H and O–H groups in total. The maximum Gasteiger partial charge on any atom is 0.288 e. The molecule has 0 aliphatic rings. The van der Waals surface area contributed by atoms with Gasteiger partial charge in [0, 0.05) is 23.3 Å². The Morgan fingerprint density at radius 3 is 2.81 bits per heavy atom. The first kappa shape index (κ1) is 13.3. The van der Waals surface area contributed by atoms with E-state index in [1.54, 1.807) is 6.07 Å². The number of aliphatic hydroxyl groups excluding tert-OH is 1. The monoisotopic (exact) mass is 261 g/mol. The lowest BCUT2D eigenvalue weighted by molar-refractivity contribution is -0.384. The predicted octanol–water partition coefficient (Wildman–Crippen LogP) is 3.03. The van der Waals surface area contributed by atoms with Crippen LogP contribution in [0.5, 0.6) is 0 Å². The number of halogens is 1. The third-order valence-electron chi connectivity index (χ3n) is 2.00. The molecule has 0 aromatic heterocycles. The van der Waals surface area contributed by atoms with Crippen LogP contribution in [0.3, 0.4) is 0 Å². The second kappa shape index (κ2) is 6.08. The van der Waals surface area contributed by atoms with Crippen molar-refractivity contribution >= 4 is 29.1 Å². The van der Waals surface area contributed by atoms with Crippen LogP contribution in [0.25, 0.3) is 0 Å². The molecule has 1 rings (SSSR count). The second-order valence-electron chi connectivity index (χ2n) is 3.25. The zero-order valence-corrected chi connectivity index (χ0v) is 10.3. The molecule has 1 aromatic rings. The molecule has 0 fully saturated rings. The molecule has 0 spiro atoms. The summed E-state index contributed by atoms with van der Waals surface area (Å²) in [6, 6.07) is 3.08. The molecule has 16 heavy (non-hydrogen) atoms. The third-order valence-corrected chi connectivity index (χ3v) is 3.55.